The van der Waals surface area contributed by atoms with Crippen LogP contribution in [0.4, 0.5) is 5.69 Å². The van der Waals surface area contributed by atoms with Crippen molar-refractivity contribution in [2.75, 3.05) is 6.61 Å². The number of nitrogens with zero attached hydrogens (tertiary/aromatic N) is 5. The third-order valence-electron chi connectivity index (χ3n) is 6.77. The molecule has 5 rings (SSSR count). The Balaban J connectivity index is 1.87. The fourth-order valence-corrected chi connectivity index (χ4v) is 5.13. The van der Waals surface area contributed by atoms with E-state index in [0.717, 1.165) is 38.2 Å². The van der Waals surface area contributed by atoms with E-state index in [-0.39, 0.29) is 45.2 Å². The summed E-state index contributed by atoms with van der Waals surface area (Å²) in [5.74, 6) is -1.57. The van der Waals surface area contributed by atoms with Crippen LogP contribution in [0.25, 0.3) is 16.7 Å². The summed E-state index contributed by atoms with van der Waals surface area (Å²) in [6.07, 6.45) is 5.90. The van der Waals surface area contributed by atoms with Gasteiger partial charge in [-0.2, -0.15) is 4.99 Å². The van der Waals surface area contributed by atoms with Gasteiger partial charge in [0.15, 0.2) is 5.49 Å². The average Bonchev–Trinajstić information content (AvgIpc) is 2.93. The Labute approximate surface area is 226 Å². The molecule has 0 saturated heterocycles. The van der Waals surface area contributed by atoms with E-state index in [2.05, 4.69) is 4.99 Å². The molecule has 1 amide bonds. The van der Waals surface area contributed by atoms with Crippen LogP contribution in [0.5, 0.6) is 0 Å². The number of ether oxygens (including phenoxy) is 1. The number of carbonyl (C=O) groups is 2. The largest absolute Gasteiger partial charge is 0.462 e. The van der Waals surface area contributed by atoms with E-state index < -0.39 is 22.5 Å². The summed E-state index contributed by atoms with van der Waals surface area (Å²) in [5.41, 5.74) is -0.291. The van der Waals surface area contributed by atoms with Gasteiger partial charge >= 0.3 is 5.97 Å². The number of nitro benzene ring substituents is 1. The van der Waals surface area contributed by atoms with E-state index in [1.165, 1.54) is 22.6 Å². The number of nitro groups is 1. The molecule has 0 radical (unpaired) electrons. The van der Waals surface area contributed by atoms with Gasteiger partial charge in [0.05, 0.1) is 16.9 Å². The van der Waals surface area contributed by atoms with Crippen molar-refractivity contribution >= 4 is 45.8 Å². The molecule has 4 aromatic rings. The van der Waals surface area contributed by atoms with Crippen LogP contribution in [0.3, 0.4) is 0 Å². The van der Waals surface area contributed by atoms with Gasteiger partial charge in [0, 0.05) is 23.9 Å². The maximum absolute atomic E-state index is 13.5. The zero-order valence-corrected chi connectivity index (χ0v) is 21.8. The number of rotatable bonds is 5. The van der Waals surface area contributed by atoms with E-state index in [1.54, 1.807) is 35.9 Å². The minimum absolute atomic E-state index is 0.0114. The van der Waals surface area contributed by atoms with Gasteiger partial charge in [-0.25, -0.2) is 9.78 Å². The minimum atomic E-state index is -0.818. The van der Waals surface area contributed by atoms with Crippen LogP contribution < -0.4 is 11.0 Å². The second-order valence-corrected chi connectivity index (χ2v) is 9.59. The monoisotopic (exact) mass is 549 g/mol. The molecule has 3 heterocycles. The molecule has 0 atom stereocenters. The second-order valence-electron chi connectivity index (χ2n) is 9.19. The van der Waals surface area contributed by atoms with Crippen LogP contribution in [0.1, 0.15) is 65.8 Å². The first-order chi connectivity index (χ1) is 18.8. The first kappa shape index (κ1) is 26.2. The van der Waals surface area contributed by atoms with Crippen LogP contribution in [-0.2, 0) is 4.74 Å². The molecule has 11 nitrogen and oxygen atoms in total. The summed E-state index contributed by atoms with van der Waals surface area (Å²) in [6.45, 7) is 1.71. The van der Waals surface area contributed by atoms with Crippen molar-refractivity contribution in [1.82, 2.24) is 14.0 Å². The lowest BCUT2D eigenvalue weighted by molar-refractivity contribution is -0.384. The summed E-state index contributed by atoms with van der Waals surface area (Å²) in [4.78, 5) is 59.9. The maximum Gasteiger partial charge on any atom is 0.341 e. The van der Waals surface area contributed by atoms with Gasteiger partial charge in [0.2, 0.25) is 0 Å². The summed E-state index contributed by atoms with van der Waals surface area (Å²) >= 11 is 5.92. The average molecular weight is 550 g/mol. The minimum Gasteiger partial charge on any atom is -0.462 e. The van der Waals surface area contributed by atoms with Gasteiger partial charge in [0.25, 0.3) is 17.2 Å². The molecular weight excluding hydrogens is 526 g/mol. The number of esters is 1. The van der Waals surface area contributed by atoms with Crippen molar-refractivity contribution in [3.05, 3.63) is 90.8 Å². The number of hydrogen-bond donors (Lipinski definition) is 0. The molecule has 200 valence electrons. The molecule has 0 bridgehead atoms. The van der Waals surface area contributed by atoms with Crippen LogP contribution in [-0.4, -0.2) is 37.4 Å². The molecule has 3 aromatic heterocycles. The standard InChI is InChI=1S/C27H24ClN5O6/c1-2-39-27(36)19-15-18-23(29-22-10-6-7-13-31(22)26(18)35)32(17-8-4-3-5-9-17)24(19)30-25(34)16-11-12-20(28)21(14-16)33(37)38/h6-7,10-15,17H,2-5,8-9H2,1H3. The summed E-state index contributed by atoms with van der Waals surface area (Å²) in [7, 11) is 0. The van der Waals surface area contributed by atoms with Gasteiger partial charge in [0.1, 0.15) is 21.9 Å². The number of carbonyl (C=O) groups excluding carboxylic acids is 2. The van der Waals surface area contributed by atoms with Gasteiger partial charge in [-0.3, -0.25) is 24.1 Å². The van der Waals surface area contributed by atoms with Crippen LogP contribution in [0.2, 0.25) is 5.02 Å². The Morgan fingerprint density at radius 1 is 1.18 bits per heavy atom. The van der Waals surface area contributed by atoms with Crippen molar-refractivity contribution in [1.29, 1.82) is 0 Å². The number of fused-ring (bicyclic) bond motifs is 2. The smallest absolute Gasteiger partial charge is 0.341 e. The normalized spacial score (nSPS) is 14.6. The Morgan fingerprint density at radius 3 is 2.67 bits per heavy atom. The summed E-state index contributed by atoms with van der Waals surface area (Å²) < 4.78 is 8.36. The molecule has 0 aliphatic heterocycles. The third kappa shape index (κ3) is 4.92. The molecule has 12 heteroatoms. The van der Waals surface area contributed by atoms with Crippen molar-refractivity contribution < 1.29 is 19.2 Å². The van der Waals surface area contributed by atoms with Crippen molar-refractivity contribution in [2.45, 2.75) is 45.1 Å². The number of aromatic nitrogens is 3. The zero-order valence-electron chi connectivity index (χ0n) is 21.0. The van der Waals surface area contributed by atoms with Gasteiger partial charge < -0.3 is 9.30 Å². The third-order valence-corrected chi connectivity index (χ3v) is 7.09. The van der Waals surface area contributed by atoms with Gasteiger partial charge in [-0.05, 0) is 50.1 Å². The summed E-state index contributed by atoms with van der Waals surface area (Å²) in [6, 6.07) is 9.94. The van der Waals surface area contributed by atoms with Crippen molar-refractivity contribution in [3.63, 3.8) is 0 Å². The van der Waals surface area contributed by atoms with E-state index in [0.29, 0.717) is 11.3 Å². The van der Waals surface area contributed by atoms with Gasteiger partial charge in [-0.15, -0.1) is 0 Å². The number of hydrogen-bond acceptors (Lipinski definition) is 7. The lowest BCUT2D eigenvalue weighted by atomic mass is 9.94. The molecule has 1 aliphatic carbocycles. The van der Waals surface area contributed by atoms with Crippen molar-refractivity contribution in [3.8, 4) is 0 Å². The first-order valence-electron chi connectivity index (χ1n) is 12.6. The predicted molar refractivity (Wildman–Crippen MR) is 143 cm³/mol. The Kier molecular flexibility index (Phi) is 7.25. The highest BCUT2D eigenvalue weighted by molar-refractivity contribution is 6.32. The van der Waals surface area contributed by atoms with E-state index in [9.17, 15) is 24.5 Å². The predicted octanol–water partition coefficient (Wildman–Crippen LogP) is 4.63. The first-order valence-corrected chi connectivity index (χ1v) is 12.9. The fourth-order valence-electron chi connectivity index (χ4n) is 4.94. The van der Waals surface area contributed by atoms with E-state index >= 15 is 0 Å². The maximum atomic E-state index is 13.5. The van der Waals surface area contributed by atoms with Crippen molar-refractivity contribution in [2.24, 2.45) is 4.99 Å². The molecule has 1 saturated carbocycles. The Bertz CT molecular complexity index is 1770. The lowest BCUT2D eigenvalue weighted by Crippen LogP contribution is -2.35. The summed E-state index contributed by atoms with van der Waals surface area (Å²) in [5, 5.41) is 11.4. The molecular formula is C27H24ClN5O6. The van der Waals surface area contributed by atoms with E-state index in [1.807, 2.05) is 0 Å². The number of amides is 1. The molecule has 39 heavy (non-hydrogen) atoms. The fraction of sp³-hybridized carbons (Fsp3) is 0.296. The number of benzene rings is 1. The number of pyridine rings is 2. The lowest BCUT2D eigenvalue weighted by Gasteiger charge is -2.27. The highest BCUT2D eigenvalue weighted by Gasteiger charge is 2.26. The highest BCUT2D eigenvalue weighted by atomic mass is 35.5. The van der Waals surface area contributed by atoms with Crippen LogP contribution in [0, 0.1) is 10.1 Å². The van der Waals surface area contributed by atoms with Gasteiger partial charge in [-0.1, -0.05) is 36.9 Å². The highest BCUT2D eigenvalue weighted by Crippen LogP contribution is 2.30. The quantitative estimate of drug-likeness (QED) is 0.153. The molecule has 0 spiro atoms. The topological polar surface area (TPSA) is 138 Å². The SMILES string of the molecule is CCOC(=O)c1cc2c(=O)n3ccccc3nc2n(C2CCCCC2)c1=NC(=O)c1ccc(Cl)c([N+](=O)[O-])c1. The Hall–Kier alpha value is -4.38. The molecule has 1 fully saturated rings. The second kappa shape index (κ2) is 10.8. The molecule has 1 aliphatic rings. The van der Waals surface area contributed by atoms with Crippen LogP contribution >= 0.6 is 11.6 Å². The number of halogens is 1. The molecule has 0 unspecified atom stereocenters. The Morgan fingerprint density at radius 2 is 1.95 bits per heavy atom. The molecule has 0 N–H and O–H groups in total. The molecule has 1 aromatic carbocycles. The van der Waals surface area contributed by atoms with E-state index in [4.69, 9.17) is 21.3 Å². The zero-order chi connectivity index (χ0) is 27.7. The van der Waals surface area contributed by atoms with Crippen LogP contribution in [0.15, 0.2) is 58.4 Å².